The van der Waals surface area contributed by atoms with E-state index in [4.69, 9.17) is 11.5 Å². The largest absolute Gasteiger partial charge is 0.480 e. The summed E-state index contributed by atoms with van der Waals surface area (Å²) in [6.07, 6.45) is 2.60. The molecule has 2 fully saturated rings. The summed E-state index contributed by atoms with van der Waals surface area (Å²) in [5.41, 5.74) is 11.2. The van der Waals surface area contributed by atoms with Gasteiger partial charge in [-0.1, -0.05) is 20.3 Å². The Hall–Kier alpha value is -2.69. The summed E-state index contributed by atoms with van der Waals surface area (Å²) in [6.45, 7) is 4.64. The summed E-state index contributed by atoms with van der Waals surface area (Å²) < 4.78 is 0. The number of carboxylic acid groups (broad SMARTS) is 1. The van der Waals surface area contributed by atoms with Gasteiger partial charge in [0.05, 0.1) is 6.04 Å². The highest BCUT2D eigenvalue weighted by Crippen LogP contribution is 2.26. The monoisotopic (exact) mass is 453 g/mol. The van der Waals surface area contributed by atoms with Crippen molar-refractivity contribution >= 4 is 29.6 Å². The molecule has 5 atom stereocenters. The Bertz CT molecular complexity index is 744. The second-order valence-electron chi connectivity index (χ2n) is 8.70. The fourth-order valence-corrected chi connectivity index (χ4v) is 4.28. The Kier molecular flexibility index (Phi) is 8.99. The van der Waals surface area contributed by atoms with Crippen molar-refractivity contribution in [1.29, 1.82) is 0 Å². The molecule has 6 N–H and O–H groups in total. The lowest BCUT2D eigenvalue weighted by Gasteiger charge is -2.33. The SMILES string of the molecule is CCC(C)C(N)C(=O)N1CCCC1C(=O)N1CCCC1C(=O)NC(CCC(N)=O)C(=O)O. The lowest BCUT2D eigenvalue weighted by molar-refractivity contribution is -0.148. The summed E-state index contributed by atoms with van der Waals surface area (Å²) in [7, 11) is 0. The van der Waals surface area contributed by atoms with E-state index in [0.29, 0.717) is 38.8 Å². The van der Waals surface area contributed by atoms with E-state index in [-0.39, 0.29) is 30.6 Å². The van der Waals surface area contributed by atoms with Gasteiger partial charge in [-0.3, -0.25) is 19.2 Å². The maximum absolute atomic E-state index is 13.3. The highest BCUT2D eigenvalue weighted by atomic mass is 16.4. The molecule has 32 heavy (non-hydrogen) atoms. The number of nitrogens with one attached hydrogen (secondary N) is 1. The molecule has 180 valence electrons. The fraction of sp³-hybridized carbons (Fsp3) is 0.762. The van der Waals surface area contributed by atoms with Gasteiger partial charge < -0.3 is 31.7 Å². The van der Waals surface area contributed by atoms with Crippen LogP contribution in [0.1, 0.15) is 58.8 Å². The van der Waals surface area contributed by atoms with Gasteiger partial charge in [-0.15, -0.1) is 0 Å². The maximum Gasteiger partial charge on any atom is 0.326 e. The fourth-order valence-electron chi connectivity index (χ4n) is 4.28. The summed E-state index contributed by atoms with van der Waals surface area (Å²) in [5, 5.41) is 11.8. The zero-order valence-electron chi connectivity index (χ0n) is 18.8. The van der Waals surface area contributed by atoms with E-state index in [2.05, 4.69) is 5.32 Å². The van der Waals surface area contributed by atoms with E-state index in [9.17, 15) is 29.1 Å². The summed E-state index contributed by atoms with van der Waals surface area (Å²) in [4.78, 5) is 64.4. The second kappa shape index (κ2) is 11.3. The average molecular weight is 454 g/mol. The molecular formula is C21H35N5O6. The minimum Gasteiger partial charge on any atom is -0.480 e. The normalized spacial score (nSPS) is 23.5. The number of nitrogens with zero attached hydrogens (tertiary/aromatic N) is 2. The van der Waals surface area contributed by atoms with Gasteiger partial charge in [-0.05, 0) is 38.0 Å². The van der Waals surface area contributed by atoms with Gasteiger partial charge >= 0.3 is 5.97 Å². The van der Waals surface area contributed by atoms with Crippen LogP contribution in [0.5, 0.6) is 0 Å². The first kappa shape index (κ1) is 25.6. The molecule has 0 aromatic rings. The van der Waals surface area contributed by atoms with Crippen LogP contribution in [0.2, 0.25) is 0 Å². The Morgan fingerprint density at radius 2 is 1.66 bits per heavy atom. The maximum atomic E-state index is 13.3. The van der Waals surface area contributed by atoms with E-state index in [1.165, 1.54) is 9.80 Å². The zero-order valence-corrected chi connectivity index (χ0v) is 18.8. The first-order valence-corrected chi connectivity index (χ1v) is 11.3. The van der Waals surface area contributed by atoms with Crippen molar-refractivity contribution in [3.8, 4) is 0 Å². The molecule has 11 nitrogen and oxygen atoms in total. The lowest BCUT2D eigenvalue weighted by atomic mass is 9.98. The third-order valence-corrected chi connectivity index (χ3v) is 6.50. The van der Waals surface area contributed by atoms with Crippen molar-refractivity contribution in [1.82, 2.24) is 15.1 Å². The highest BCUT2D eigenvalue weighted by molar-refractivity contribution is 5.95. The molecule has 2 aliphatic heterocycles. The molecule has 0 bridgehead atoms. The van der Waals surface area contributed by atoms with Crippen LogP contribution in [-0.2, 0) is 24.0 Å². The van der Waals surface area contributed by atoms with Crippen LogP contribution in [0.25, 0.3) is 0 Å². The molecule has 0 aromatic heterocycles. The van der Waals surface area contributed by atoms with Gasteiger partial charge in [-0.25, -0.2) is 4.79 Å². The van der Waals surface area contributed by atoms with Crippen LogP contribution in [0.4, 0.5) is 0 Å². The summed E-state index contributed by atoms with van der Waals surface area (Å²) in [6, 6.07) is -3.45. The number of hydrogen-bond donors (Lipinski definition) is 4. The van der Waals surface area contributed by atoms with Gasteiger partial charge in [-0.2, -0.15) is 0 Å². The van der Waals surface area contributed by atoms with Crippen molar-refractivity contribution < 1.29 is 29.1 Å². The number of aliphatic carboxylic acids is 1. The number of primary amides is 1. The Morgan fingerprint density at radius 3 is 2.22 bits per heavy atom. The smallest absolute Gasteiger partial charge is 0.326 e. The quantitative estimate of drug-likeness (QED) is 0.334. The minimum atomic E-state index is -1.28. The van der Waals surface area contributed by atoms with Crippen LogP contribution in [0.3, 0.4) is 0 Å². The number of carbonyl (C=O) groups is 5. The molecule has 11 heteroatoms. The van der Waals surface area contributed by atoms with Crippen molar-refractivity contribution in [2.24, 2.45) is 17.4 Å². The topological polar surface area (TPSA) is 176 Å². The standard InChI is InChI=1S/C21H35N5O6/c1-3-12(2)17(23)20(30)26-11-5-7-15(26)19(29)25-10-4-6-14(25)18(28)24-13(21(31)32)8-9-16(22)27/h12-15,17H,3-11,23H2,1-2H3,(H2,22,27)(H,24,28)(H,31,32). The molecule has 0 aliphatic carbocycles. The summed E-state index contributed by atoms with van der Waals surface area (Å²) in [5.74, 6) is -3.11. The van der Waals surface area contributed by atoms with Gasteiger partial charge in [0.1, 0.15) is 18.1 Å². The van der Waals surface area contributed by atoms with Crippen LogP contribution in [0.15, 0.2) is 0 Å². The third-order valence-electron chi connectivity index (χ3n) is 6.50. The molecule has 0 saturated carbocycles. The average Bonchev–Trinajstić information content (AvgIpc) is 3.43. The number of amides is 4. The van der Waals surface area contributed by atoms with E-state index in [0.717, 1.165) is 6.42 Å². The molecule has 2 heterocycles. The van der Waals surface area contributed by atoms with Crippen LogP contribution < -0.4 is 16.8 Å². The number of carbonyl (C=O) groups excluding carboxylic acids is 4. The molecule has 4 amide bonds. The molecule has 0 spiro atoms. The summed E-state index contributed by atoms with van der Waals surface area (Å²) >= 11 is 0. The van der Waals surface area contributed by atoms with E-state index in [1.54, 1.807) is 0 Å². The number of carboxylic acids is 1. The van der Waals surface area contributed by atoms with Crippen molar-refractivity contribution in [3.05, 3.63) is 0 Å². The van der Waals surface area contributed by atoms with Crippen LogP contribution in [-0.4, -0.2) is 81.8 Å². The number of nitrogens with two attached hydrogens (primary N) is 2. The van der Waals surface area contributed by atoms with E-state index < -0.39 is 42.0 Å². The third kappa shape index (κ3) is 5.96. The predicted molar refractivity (Wildman–Crippen MR) is 115 cm³/mol. The van der Waals surface area contributed by atoms with Crippen LogP contribution in [0, 0.1) is 5.92 Å². The van der Waals surface area contributed by atoms with Gasteiger partial charge in [0.2, 0.25) is 23.6 Å². The Morgan fingerprint density at radius 1 is 1.06 bits per heavy atom. The number of rotatable bonds is 10. The van der Waals surface area contributed by atoms with Crippen molar-refractivity contribution in [2.75, 3.05) is 13.1 Å². The molecule has 2 saturated heterocycles. The lowest BCUT2D eigenvalue weighted by Crippen LogP contribution is -2.56. The number of likely N-dealkylation sites (tertiary alicyclic amines) is 2. The zero-order chi connectivity index (χ0) is 24.0. The van der Waals surface area contributed by atoms with Gasteiger partial charge in [0, 0.05) is 19.5 Å². The molecule has 0 radical (unpaired) electrons. The van der Waals surface area contributed by atoms with Crippen molar-refractivity contribution in [3.63, 3.8) is 0 Å². The molecule has 5 unspecified atom stereocenters. The van der Waals surface area contributed by atoms with E-state index in [1.807, 2.05) is 13.8 Å². The molecular weight excluding hydrogens is 418 g/mol. The van der Waals surface area contributed by atoms with Gasteiger partial charge in [0.15, 0.2) is 0 Å². The first-order chi connectivity index (χ1) is 15.1. The van der Waals surface area contributed by atoms with Gasteiger partial charge in [0.25, 0.3) is 0 Å². The Balaban J connectivity index is 2.08. The first-order valence-electron chi connectivity index (χ1n) is 11.3. The molecule has 2 aliphatic rings. The predicted octanol–water partition coefficient (Wildman–Crippen LogP) is -0.823. The number of hydrogen-bond acceptors (Lipinski definition) is 6. The Labute approximate surface area is 187 Å². The minimum absolute atomic E-state index is 0.0162. The van der Waals surface area contributed by atoms with Crippen LogP contribution >= 0.6 is 0 Å². The van der Waals surface area contributed by atoms with Crippen molar-refractivity contribution in [2.45, 2.75) is 83.0 Å². The van der Waals surface area contributed by atoms with E-state index >= 15 is 0 Å². The second-order valence-corrected chi connectivity index (χ2v) is 8.70. The molecule has 2 rings (SSSR count). The highest BCUT2D eigenvalue weighted by Gasteiger charge is 2.43. The molecule has 0 aromatic carbocycles.